The second-order valence-corrected chi connectivity index (χ2v) is 3.27. The summed E-state index contributed by atoms with van der Waals surface area (Å²) in [4.78, 5) is 3.13. The standard InChI is InChI=1S/C10H12N2/c1-6-3-7(2)10-8(4-6)5-9(11)12-10/h3-5,12H,11H2,1-2H3. The van der Waals surface area contributed by atoms with Crippen LogP contribution in [0.3, 0.4) is 0 Å². The predicted octanol–water partition coefficient (Wildman–Crippen LogP) is 2.37. The van der Waals surface area contributed by atoms with E-state index in [1.54, 1.807) is 0 Å². The Hall–Kier alpha value is -1.44. The topological polar surface area (TPSA) is 41.8 Å². The van der Waals surface area contributed by atoms with Crippen molar-refractivity contribution < 1.29 is 0 Å². The molecule has 0 aliphatic carbocycles. The summed E-state index contributed by atoms with van der Waals surface area (Å²) < 4.78 is 0. The lowest BCUT2D eigenvalue weighted by Gasteiger charge is -1.97. The maximum absolute atomic E-state index is 5.65. The Bertz CT molecular complexity index is 427. The summed E-state index contributed by atoms with van der Waals surface area (Å²) in [6.45, 7) is 4.18. The maximum Gasteiger partial charge on any atom is 0.101 e. The van der Waals surface area contributed by atoms with Gasteiger partial charge in [-0.05, 0) is 31.5 Å². The Balaban J connectivity index is 2.88. The molecule has 0 spiro atoms. The summed E-state index contributed by atoms with van der Waals surface area (Å²) in [5, 5.41) is 1.20. The first kappa shape index (κ1) is 7.22. The zero-order valence-electron chi connectivity index (χ0n) is 7.31. The summed E-state index contributed by atoms with van der Waals surface area (Å²) in [5.41, 5.74) is 9.33. The average Bonchev–Trinajstić information content (AvgIpc) is 2.29. The molecule has 2 heteroatoms. The van der Waals surface area contributed by atoms with Gasteiger partial charge >= 0.3 is 0 Å². The summed E-state index contributed by atoms with van der Waals surface area (Å²) in [6, 6.07) is 6.25. The molecule has 3 N–H and O–H groups in total. The first-order valence-electron chi connectivity index (χ1n) is 4.02. The Morgan fingerprint density at radius 2 is 1.92 bits per heavy atom. The van der Waals surface area contributed by atoms with Crippen LogP contribution < -0.4 is 5.73 Å². The van der Waals surface area contributed by atoms with Crippen LogP contribution in [0.1, 0.15) is 11.1 Å². The zero-order valence-corrected chi connectivity index (χ0v) is 7.31. The second-order valence-electron chi connectivity index (χ2n) is 3.27. The van der Waals surface area contributed by atoms with Crippen molar-refractivity contribution >= 4 is 16.7 Å². The van der Waals surface area contributed by atoms with Gasteiger partial charge in [0.05, 0.1) is 0 Å². The minimum atomic E-state index is 0.735. The highest BCUT2D eigenvalue weighted by atomic mass is 14.8. The number of aryl methyl sites for hydroxylation is 2. The average molecular weight is 160 g/mol. The highest BCUT2D eigenvalue weighted by Crippen LogP contribution is 2.21. The van der Waals surface area contributed by atoms with Crippen LogP contribution in [0.15, 0.2) is 18.2 Å². The second kappa shape index (κ2) is 2.27. The molecule has 0 radical (unpaired) electrons. The van der Waals surface area contributed by atoms with Crippen molar-refractivity contribution in [2.75, 3.05) is 5.73 Å². The summed E-state index contributed by atoms with van der Waals surface area (Å²) in [5.74, 6) is 0.735. The van der Waals surface area contributed by atoms with E-state index in [4.69, 9.17) is 5.73 Å². The fourth-order valence-corrected chi connectivity index (χ4v) is 1.63. The number of fused-ring (bicyclic) bond motifs is 1. The number of nitrogen functional groups attached to an aromatic ring is 1. The SMILES string of the molecule is Cc1cc(C)c2[nH]c(N)cc2c1. The van der Waals surface area contributed by atoms with Crippen molar-refractivity contribution in [3.05, 3.63) is 29.3 Å². The van der Waals surface area contributed by atoms with Gasteiger partial charge in [0.1, 0.15) is 5.82 Å². The minimum absolute atomic E-state index is 0.735. The van der Waals surface area contributed by atoms with E-state index < -0.39 is 0 Å². The van der Waals surface area contributed by atoms with E-state index in [2.05, 4.69) is 31.0 Å². The Morgan fingerprint density at radius 3 is 2.67 bits per heavy atom. The largest absolute Gasteiger partial charge is 0.385 e. The third kappa shape index (κ3) is 0.961. The van der Waals surface area contributed by atoms with E-state index in [0.717, 1.165) is 11.3 Å². The Morgan fingerprint density at radius 1 is 1.17 bits per heavy atom. The van der Waals surface area contributed by atoms with Crippen molar-refractivity contribution in [1.82, 2.24) is 4.98 Å². The molecule has 0 saturated heterocycles. The molecule has 0 amide bonds. The van der Waals surface area contributed by atoms with Crippen LogP contribution in [0.25, 0.3) is 10.9 Å². The monoisotopic (exact) mass is 160 g/mol. The number of aromatic amines is 1. The molecule has 1 aromatic carbocycles. The molecule has 62 valence electrons. The number of hydrogen-bond acceptors (Lipinski definition) is 1. The quantitative estimate of drug-likeness (QED) is 0.610. The number of rotatable bonds is 0. The van der Waals surface area contributed by atoms with Gasteiger partial charge in [0.2, 0.25) is 0 Å². The molecule has 0 bridgehead atoms. The molecule has 2 aromatic rings. The van der Waals surface area contributed by atoms with Gasteiger partial charge in [0, 0.05) is 10.9 Å². The molecule has 1 heterocycles. The molecule has 0 saturated carbocycles. The van der Waals surface area contributed by atoms with Gasteiger partial charge in [-0.15, -0.1) is 0 Å². The summed E-state index contributed by atoms with van der Waals surface area (Å²) in [7, 11) is 0. The number of nitrogens with two attached hydrogens (primary N) is 1. The number of nitrogens with one attached hydrogen (secondary N) is 1. The van der Waals surface area contributed by atoms with Gasteiger partial charge in [-0.25, -0.2) is 0 Å². The number of hydrogen-bond donors (Lipinski definition) is 2. The van der Waals surface area contributed by atoms with Gasteiger partial charge in [-0.2, -0.15) is 0 Å². The number of anilines is 1. The Kier molecular flexibility index (Phi) is 1.37. The molecular weight excluding hydrogens is 148 g/mol. The molecule has 2 nitrogen and oxygen atoms in total. The fraction of sp³-hybridized carbons (Fsp3) is 0.200. The van der Waals surface area contributed by atoms with Crippen molar-refractivity contribution in [2.45, 2.75) is 13.8 Å². The molecule has 0 atom stereocenters. The van der Waals surface area contributed by atoms with E-state index in [0.29, 0.717) is 0 Å². The van der Waals surface area contributed by atoms with Crippen molar-refractivity contribution in [1.29, 1.82) is 0 Å². The van der Waals surface area contributed by atoms with E-state index in [1.807, 2.05) is 6.07 Å². The first-order chi connectivity index (χ1) is 5.66. The third-order valence-electron chi connectivity index (χ3n) is 2.09. The van der Waals surface area contributed by atoms with E-state index >= 15 is 0 Å². The number of H-pyrrole nitrogens is 1. The first-order valence-corrected chi connectivity index (χ1v) is 4.02. The van der Waals surface area contributed by atoms with Gasteiger partial charge in [0.25, 0.3) is 0 Å². The molecule has 0 fully saturated rings. The Labute approximate surface area is 71.4 Å². The summed E-state index contributed by atoms with van der Waals surface area (Å²) >= 11 is 0. The zero-order chi connectivity index (χ0) is 8.72. The van der Waals surface area contributed by atoms with Crippen LogP contribution in [0.5, 0.6) is 0 Å². The van der Waals surface area contributed by atoms with Gasteiger partial charge < -0.3 is 10.7 Å². The highest BCUT2D eigenvalue weighted by molar-refractivity contribution is 5.86. The van der Waals surface area contributed by atoms with Crippen LogP contribution in [0, 0.1) is 13.8 Å². The number of benzene rings is 1. The van der Waals surface area contributed by atoms with Gasteiger partial charge in [-0.1, -0.05) is 11.6 Å². The van der Waals surface area contributed by atoms with Crippen molar-refractivity contribution in [3.8, 4) is 0 Å². The number of aromatic nitrogens is 1. The molecule has 2 rings (SSSR count). The molecule has 12 heavy (non-hydrogen) atoms. The lowest BCUT2D eigenvalue weighted by atomic mass is 10.1. The minimum Gasteiger partial charge on any atom is -0.385 e. The summed E-state index contributed by atoms with van der Waals surface area (Å²) in [6.07, 6.45) is 0. The van der Waals surface area contributed by atoms with E-state index in [-0.39, 0.29) is 0 Å². The molecule has 1 aromatic heterocycles. The lowest BCUT2D eigenvalue weighted by Crippen LogP contribution is -1.82. The molecule has 0 aliphatic rings. The molecule has 0 aliphatic heterocycles. The predicted molar refractivity (Wildman–Crippen MR) is 52.2 cm³/mol. The molecule has 0 unspecified atom stereocenters. The third-order valence-corrected chi connectivity index (χ3v) is 2.09. The smallest absolute Gasteiger partial charge is 0.101 e. The van der Waals surface area contributed by atoms with Crippen LogP contribution in [0.4, 0.5) is 5.82 Å². The van der Waals surface area contributed by atoms with Gasteiger partial charge in [0.15, 0.2) is 0 Å². The van der Waals surface area contributed by atoms with Crippen molar-refractivity contribution in [3.63, 3.8) is 0 Å². The van der Waals surface area contributed by atoms with E-state index in [9.17, 15) is 0 Å². The van der Waals surface area contributed by atoms with Crippen LogP contribution in [-0.2, 0) is 0 Å². The van der Waals surface area contributed by atoms with E-state index in [1.165, 1.54) is 16.5 Å². The lowest BCUT2D eigenvalue weighted by molar-refractivity contribution is 1.38. The highest BCUT2D eigenvalue weighted by Gasteiger charge is 2.00. The normalized spacial score (nSPS) is 10.8. The molecular formula is C10H12N2. The van der Waals surface area contributed by atoms with Crippen molar-refractivity contribution in [2.24, 2.45) is 0 Å². The fourth-order valence-electron chi connectivity index (χ4n) is 1.63. The van der Waals surface area contributed by atoms with Crippen LogP contribution >= 0.6 is 0 Å². The van der Waals surface area contributed by atoms with Gasteiger partial charge in [-0.3, -0.25) is 0 Å². The van der Waals surface area contributed by atoms with Crippen LogP contribution in [0.2, 0.25) is 0 Å². The van der Waals surface area contributed by atoms with Crippen LogP contribution in [-0.4, -0.2) is 4.98 Å². The maximum atomic E-state index is 5.65.